The predicted molar refractivity (Wildman–Crippen MR) is 48.9 cm³/mol. The van der Waals surface area contributed by atoms with Crippen LogP contribution in [-0.2, 0) is 11.3 Å². The maximum atomic E-state index is 5.60. The average Bonchev–Trinajstić information content (AvgIpc) is 2.53. The molecule has 5 heteroatoms. The predicted octanol–water partition coefficient (Wildman–Crippen LogP) is 0.751. The zero-order valence-electron chi connectivity index (χ0n) is 8.08. The summed E-state index contributed by atoms with van der Waals surface area (Å²) in [6, 6.07) is -0.129. The Morgan fingerprint density at radius 3 is 2.92 bits per heavy atom. The summed E-state index contributed by atoms with van der Waals surface area (Å²) in [4.78, 5) is 4.16. The molecule has 0 radical (unpaired) electrons. The van der Waals surface area contributed by atoms with Gasteiger partial charge in [0.1, 0.15) is 6.61 Å². The summed E-state index contributed by atoms with van der Waals surface area (Å²) < 4.78 is 5.29. The average molecular weight is 184 g/mol. The monoisotopic (exact) mass is 184 g/mol. The van der Waals surface area contributed by atoms with Gasteiger partial charge in [0, 0.05) is 6.61 Å². The van der Waals surface area contributed by atoms with Gasteiger partial charge >= 0.3 is 0 Å². The number of hydrogen-bond acceptors (Lipinski definition) is 4. The Balaban J connectivity index is 2.40. The van der Waals surface area contributed by atoms with Crippen LogP contribution in [0.2, 0.25) is 0 Å². The number of hydrogen-bond donors (Lipinski definition) is 2. The third kappa shape index (κ3) is 3.12. The number of ether oxygens (including phenoxy) is 1. The lowest BCUT2D eigenvalue weighted by Gasteiger charge is -1.97. The van der Waals surface area contributed by atoms with Crippen LogP contribution in [-0.4, -0.2) is 21.8 Å². The van der Waals surface area contributed by atoms with Crippen LogP contribution in [0, 0.1) is 0 Å². The number of nitrogens with two attached hydrogens (primary N) is 1. The maximum Gasteiger partial charge on any atom is 0.167 e. The molecule has 0 saturated heterocycles. The minimum atomic E-state index is -0.129. The van der Waals surface area contributed by atoms with Gasteiger partial charge in [-0.3, -0.25) is 5.10 Å². The first-order chi connectivity index (χ1) is 6.24. The second kappa shape index (κ2) is 4.94. The van der Waals surface area contributed by atoms with Crippen molar-refractivity contribution in [3.8, 4) is 0 Å². The molecule has 1 aromatic heterocycles. The molecule has 0 aliphatic carbocycles. The Kier molecular flexibility index (Phi) is 3.85. The second-order valence-electron chi connectivity index (χ2n) is 2.98. The molecule has 74 valence electrons. The summed E-state index contributed by atoms with van der Waals surface area (Å²) in [6.07, 6.45) is 1.01. The first-order valence-corrected chi connectivity index (χ1v) is 4.48. The lowest BCUT2D eigenvalue weighted by molar-refractivity contribution is 0.116. The van der Waals surface area contributed by atoms with Crippen LogP contribution in [0.1, 0.15) is 38.0 Å². The molecule has 1 unspecified atom stereocenters. The second-order valence-corrected chi connectivity index (χ2v) is 2.98. The van der Waals surface area contributed by atoms with Crippen LogP contribution in [0.3, 0.4) is 0 Å². The van der Waals surface area contributed by atoms with Gasteiger partial charge in [-0.1, -0.05) is 6.92 Å². The minimum absolute atomic E-state index is 0.129. The summed E-state index contributed by atoms with van der Waals surface area (Å²) in [5.41, 5.74) is 5.60. The molecule has 0 aliphatic rings. The third-order valence-corrected chi connectivity index (χ3v) is 1.54. The van der Waals surface area contributed by atoms with Gasteiger partial charge in [0.2, 0.25) is 0 Å². The summed E-state index contributed by atoms with van der Waals surface area (Å²) in [6.45, 7) is 5.13. The fourth-order valence-corrected chi connectivity index (χ4v) is 0.891. The van der Waals surface area contributed by atoms with Crippen LogP contribution < -0.4 is 5.73 Å². The maximum absolute atomic E-state index is 5.60. The van der Waals surface area contributed by atoms with E-state index >= 15 is 0 Å². The van der Waals surface area contributed by atoms with Crippen molar-refractivity contribution in [2.45, 2.75) is 32.9 Å². The van der Waals surface area contributed by atoms with E-state index in [1.807, 2.05) is 6.92 Å². The van der Waals surface area contributed by atoms with Gasteiger partial charge in [-0.15, -0.1) is 0 Å². The summed E-state index contributed by atoms with van der Waals surface area (Å²) in [7, 11) is 0. The number of aromatic nitrogens is 3. The van der Waals surface area contributed by atoms with Crippen molar-refractivity contribution in [1.29, 1.82) is 0 Å². The fraction of sp³-hybridized carbons (Fsp3) is 0.750. The number of aromatic amines is 1. The van der Waals surface area contributed by atoms with Crippen LogP contribution >= 0.6 is 0 Å². The highest BCUT2D eigenvalue weighted by atomic mass is 16.5. The minimum Gasteiger partial charge on any atom is -0.373 e. The van der Waals surface area contributed by atoms with Gasteiger partial charge in [-0.25, -0.2) is 4.98 Å². The van der Waals surface area contributed by atoms with Crippen LogP contribution in [0.25, 0.3) is 0 Å². The molecule has 0 spiro atoms. The highest BCUT2D eigenvalue weighted by molar-refractivity contribution is 4.93. The van der Waals surface area contributed by atoms with E-state index in [1.165, 1.54) is 0 Å². The van der Waals surface area contributed by atoms with E-state index in [9.17, 15) is 0 Å². The SMILES string of the molecule is CCCOCc1nc(C(C)N)n[nH]1. The van der Waals surface area contributed by atoms with Crippen molar-refractivity contribution in [2.24, 2.45) is 5.73 Å². The molecular weight excluding hydrogens is 168 g/mol. The Hall–Kier alpha value is -0.940. The van der Waals surface area contributed by atoms with E-state index in [4.69, 9.17) is 10.5 Å². The third-order valence-electron chi connectivity index (χ3n) is 1.54. The van der Waals surface area contributed by atoms with E-state index in [2.05, 4.69) is 22.1 Å². The van der Waals surface area contributed by atoms with Crippen molar-refractivity contribution < 1.29 is 4.74 Å². The Morgan fingerprint density at radius 2 is 2.38 bits per heavy atom. The lowest BCUT2D eigenvalue weighted by atomic mass is 10.3. The zero-order valence-corrected chi connectivity index (χ0v) is 8.08. The smallest absolute Gasteiger partial charge is 0.167 e. The first kappa shape index (κ1) is 10.1. The molecule has 0 bridgehead atoms. The molecule has 1 aromatic rings. The molecule has 3 N–H and O–H groups in total. The summed E-state index contributed by atoms with van der Waals surface area (Å²) >= 11 is 0. The normalized spacial score (nSPS) is 13.2. The van der Waals surface area contributed by atoms with Crippen LogP contribution in [0.4, 0.5) is 0 Å². The number of rotatable bonds is 5. The van der Waals surface area contributed by atoms with Gasteiger partial charge in [0.15, 0.2) is 11.6 Å². The number of nitrogens with one attached hydrogen (secondary N) is 1. The van der Waals surface area contributed by atoms with Gasteiger partial charge in [-0.05, 0) is 13.3 Å². The molecule has 5 nitrogen and oxygen atoms in total. The summed E-state index contributed by atoms with van der Waals surface area (Å²) in [5.74, 6) is 1.37. The Morgan fingerprint density at radius 1 is 1.62 bits per heavy atom. The number of nitrogens with zero attached hydrogens (tertiary/aromatic N) is 2. The lowest BCUT2D eigenvalue weighted by Crippen LogP contribution is -2.07. The van der Waals surface area contributed by atoms with E-state index in [0.717, 1.165) is 18.9 Å². The molecule has 1 atom stereocenters. The van der Waals surface area contributed by atoms with Crippen LogP contribution in [0.15, 0.2) is 0 Å². The molecule has 0 amide bonds. The molecule has 1 heterocycles. The first-order valence-electron chi connectivity index (χ1n) is 4.48. The standard InChI is InChI=1S/C8H16N4O/c1-3-4-13-5-7-10-8(6(2)9)12-11-7/h6H,3-5,9H2,1-2H3,(H,10,11,12). The van der Waals surface area contributed by atoms with Crippen LogP contribution in [0.5, 0.6) is 0 Å². The molecule has 0 aliphatic heterocycles. The van der Waals surface area contributed by atoms with Crippen molar-refractivity contribution in [1.82, 2.24) is 15.2 Å². The van der Waals surface area contributed by atoms with Gasteiger partial charge in [0.05, 0.1) is 6.04 Å². The molecule has 0 saturated carbocycles. The van der Waals surface area contributed by atoms with Crippen molar-refractivity contribution >= 4 is 0 Å². The quantitative estimate of drug-likeness (QED) is 0.662. The highest BCUT2D eigenvalue weighted by Gasteiger charge is 2.06. The zero-order chi connectivity index (χ0) is 9.68. The molecule has 1 rings (SSSR count). The Labute approximate surface area is 77.7 Å². The van der Waals surface area contributed by atoms with Gasteiger partial charge < -0.3 is 10.5 Å². The number of H-pyrrole nitrogens is 1. The molecule has 13 heavy (non-hydrogen) atoms. The Bertz CT molecular complexity index is 246. The van der Waals surface area contributed by atoms with E-state index < -0.39 is 0 Å². The van der Waals surface area contributed by atoms with Gasteiger partial charge in [0.25, 0.3) is 0 Å². The largest absolute Gasteiger partial charge is 0.373 e. The van der Waals surface area contributed by atoms with Crippen molar-refractivity contribution in [2.75, 3.05) is 6.61 Å². The molecule has 0 aromatic carbocycles. The van der Waals surface area contributed by atoms with Crippen molar-refractivity contribution in [3.05, 3.63) is 11.6 Å². The highest BCUT2D eigenvalue weighted by Crippen LogP contribution is 2.02. The van der Waals surface area contributed by atoms with E-state index in [-0.39, 0.29) is 6.04 Å². The van der Waals surface area contributed by atoms with E-state index in [0.29, 0.717) is 12.4 Å². The van der Waals surface area contributed by atoms with Gasteiger partial charge in [-0.2, -0.15) is 5.10 Å². The topological polar surface area (TPSA) is 76.8 Å². The molecule has 0 fully saturated rings. The fourth-order valence-electron chi connectivity index (χ4n) is 0.891. The summed E-state index contributed by atoms with van der Waals surface area (Å²) in [5, 5.41) is 6.73. The molecular formula is C8H16N4O. The van der Waals surface area contributed by atoms with E-state index in [1.54, 1.807) is 0 Å². The van der Waals surface area contributed by atoms with Crippen molar-refractivity contribution in [3.63, 3.8) is 0 Å².